The van der Waals surface area contributed by atoms with Crippen molar-refractivity contribution in [3.8, 4) is 0 Å². The summed E-state index contributed by atoms with van der Waals surface area (Å²) in [5, 5.41) is 9.72. The normalized spacial score (nSPS) is 11.1. The van der Waals surface area contributed by atoms with Gasteiger partial charge in [-0.2, -0.15) is 0 Å². The Labute approximate surface area is 183 Å². The molecule has 0 radical (unpaired) electrons. The van der Waals surface area contributed by atoms with Gasteiger partial charge in [-0.05, 0) is 37.1 Å². The van der Waals surface area contributed by atoms with Gasteiger partial charge in [-0.1, -0.05) is 86.6 Å². The van der Waals surface area contributed by atoms with Crippen molar-refractivity contribution >= 4 is 38.3 Å². The first-order valence-corrected chi connectivity index (χ1v) is 12.0. The molecule has 3 rings (SSSR count). The minimum Gasteiger partial charge on any atom is -0.481 e. The SMILES string of the molecule is O=C(O)CCCCCCCCCCCN(c1ccccc1)c1nc2ccccc2s1. The molecule has 0 aliphatic rings. The van der Waals surface area contributed by atoms with E-state index < -0.39 is 5.97 Å². The largest absolute Gasteiger partial charge is 0.481 e. The van der Waals surface area contributed by atoms with Crippen molar-refractivity contribution in [3.63, 3.8) is 0 Å². The van der Waals surface area contributed by atoms with Crippen molar-refractivity contribution in [3.05, 3.63) is 54.6 Å². The van der Waals surface area contributed by atoms with Gasteiger partial charge in [0, 0.05) is 18.7 Å². The van der Waals surface area contributed by atoms with Gasteiger partial charge in [0.25, 0.3) is 0 Å². The Morgan fingerprint density at radius 3 is 2.07 bits per heavy atom. The summed E-state index contributed by atoms with van der Waals surface area (Å²) >= 11 is 1.76. The van der Waals surface area contributed by atoms with E-state index in [0.717, 1.165) is 42.9 Å². The van der Waals surface area contributed by atoms with Gasteiger partial charge in [0.15, 0.2) is 5.13 Å². The number of para-hydroxylation sites is 2. The zero-order valence-electron chi connectivity index (χ0n) is 17.6. The first kappa shape index (κ1) is 22.3. The number of hydrogen-bond donors (Lipinski definition) is 1. The molecular formula is C25H32N2O2S. The smallest absolute Gasteiger partial charge is 0.303 e. The fourth-order valence-corrected chi connectivity index (χ4v) is 4.71. The molecule has 0 saturated heterocycles. The number of aliphatic carboxylic acids is 1. The topological polar surface area (TPSA) is 53.4 Å². The molecule has 0 atom stereocenters. The average Bonchev–Trinajstić information content (AvgIpc) is 3.19. The van der Waals surface area contributed by atoms with E-state index in [1.165, 1.54) is 42.5 Å². The van der Waals surface area contributed by atoms with E-state index >= 15 is 0 Å². The van der Waals surface area contributed by atoms with Crippen molar-refractivity contribution < 1.29 is 9.90 Å². The molecular weight excluding hydrogens is 392 g/mol. The molecule has 0 spiro atoms. The molecule has 0 bridgehead atoms. The third-order valence-corrected chi connectivity index (χ3v) is 6.41. The first-order chi connectivity index (χ1) is 14.7. The lowest BCUT2D eigenvalue weighted by Crippen LogP contribution is -2.18. The third kappa shape index (κ3) is 7.13. The molecule has 0 saturated carbocycles. The minimum absolute atomic E-state index is 0.312. The van der Waals surface area contributed by atoms with Gasteiger partial charge >= 0.3 is 5.97 Å². The Kier molecular flexibility index (Phi) is 9.16. The van der Waals surface area contributed by atoms with E-state index in [9.17, 15) is 4.79 Å². The van der Waals surface area contributed by atoms with E-state index in [4.69, 9.17) is 10.1 Å². The summed E-state index contributed by atoms with van der Waals surface area (Å²) in [4.78, 5) is 17.7. The number of fused-ring (bicyclic) bond motifs is 1. The van der Waals surface area contributed by atoms with Gasteiger partial charge in [-0.25, -0.2) is 4.98 Å². The lowest BCUT2D eigenvalue weighted by molar-refractivity contribution is -0.137. The molecule has 0 fully saturated rings. The number of unbranched alkanes of at least 4 members (excludes halogenated alkanes) is 8. The quantitative estimate of drug-likeness (QED) is 0.274. The highest BCUT2D eigenvalue weighted by Crippen LogP contribution is 2.33. The number of nitrogens with zero attached hydrogens (tertiary/aromatic N) is 2. The number of aromatic nitrogens is 1. The zero-order chi connectivity index (χ0) is 21.0. The van der Waals surface area contributed by atoms with Crippen LogP contribution in [0.1, 0.15) is 64.2 Å². The molecule has 3 aromatic rings. The Balaban J connectivity index is 1.41. The molecule has 5 heteroatoms. The number of carboxylic acid groups (broad SMARTS) is 1. The lowest BCUT2D eigenvalue weighted by atomic mass is 10.1. The molecule has 1 N–H and O–H groups in total. The van der Waals surface area contributed by atoms with Crippen molar-refractivity contribution in [2.45, 2.75) is 64.2 Å². The highest BCUT2D eigenvalue weighted by molar-refractivity contribution is 7.22. The number of carbonyl (C=O) groups is 1. The van der Waals surface area contributed by atoms with Gasteiger partial charge < -0.3 is 10.0 Å². The predicted molar refractivity (Wildman–Crippen MR) is 127 cm³/mol. The predicted octanol–water partition coefficient (Wildman–Crippen LogP) is 7.42. The summed E-state index contributed by atoms with van der Waals surface area (Å²) in [5.41, 5.74) is 2.28. The molecule has 1 aromatic heterocycles. The highest BCUT2D eigenvalue weighted by atomic mass is 32.1. The van der Waals surface area contributed by atoms with Crippen molar-refractivity contribution in [2.24, 2.45) is 0 Å². The van der Waals surface area contributed by atoms with Crippen LogP contribution in [0.25, 0.3) is 10.2 Å². The summed E-state index contributed by atoms with van der Waals surface area (Å²) < 4.78 is 1.23. The maximum Gasteiger partial charge on any atom is 0.303 e. The van der Waals surface area contributed by atoms with Crippen LogP contribution >= 0.6 is 11.3 Å². The molecule has 160 valence electrons. The zero-order valence-corrected chi connectivity index (χ0v) is 18.4. The Morgan fingerprint density at radius 1 is 0.800 bits per heavy atom. The molecule has 0 aliphatic carbocycles. The standard InChI is InChI=1S/C25H32N2O2S/c28-24(29)19-11-6-4-2-1-3-5-7-14-20-27(21-15-9-8-10-16-21)25-26-22-17-12-13-18-23(22)30-25/h8-10,12-13,15-18H,1-7,11,14,19-20H2,(H,28,29). The van der Waals surface area contributed by atoms with Crippen molar-refractivity contribution in [1.29, 1.82) is 0 Å². The number of hydrogen-bond acceptors (Lipinski definition) is 4. The van der Waals surface area contributed by atoms with E-state index in [2.05, 4.69) is 53.4 Å². The molecule has 1 heterocycles. The molecule has 0 aliphatic heterocycles. The van der Waals surface area contributed by atoms with E-state index in [1.54, 1.807) is 11.3 Å². The van der Waals surface area contributed by atoms with E-state index in [-0.39, 0.29) is 0 Å². The van der Waals surface area contributed by atoms with Crippen LogP contribution in [-0.4, -0.2) is 22.6 Å². The molecule has 0 unspecified atom stereocenters. The maximum atomic E-state index is 10.5. The highest BCUT2D eigenvalue weighted by Gasteiger charge is 2.13. The van der Waals surface area contributed by atoms with E-state index in [0.29, 0.717) is 6.42 Å². The van der Waals surface area contributed by atoms with Crippen molar-refractivity contribution in [1.82, 2.24) is 4.98 Å². The molecule has 30 heavy (non-hydrogen) atoms. The number of benzene rings is 2. The second-order valence-corrected chi connectivity index (χ2v) is 8.79. The summed E-state index contributed by atoms with van der Waals surface area (Å²) in [5.74, 6) is -0.676. The van der Waals surface area contributed by atoms with Crippen LogP contribution in [0.5, 0.6) is 0 Å². The lowest BCUT2D eigenvalue weighted by Gasteiger charge is -2.22. The Morgan fingerprint density at radius 2 is 1.40 bits per heavy atom. The minimum atomic E-state index is -0.676. The Bertz CT molecular complexity index is 861. The second-order valence-electron chi connectivity index (χ2n) is 7.78. The fourth-order valence-electron chi connectivity index (χ4n) is 3.70. The van der Waals surface area contributed by atoms with Crippen LogP contribution in [0, 0.1) is 0 Å². The molecule has 2 aromatic carbocycles. The van der Waals surface area contributed by atoms with Crippen LogP contribution < -0.4 is 4.90 Å². The number of rotatable bonds is 14. The van der Waals surface area contributed by atoms with Crippen LogP contribution in [0.2, 0.25) is 0 Å². The van der Waals surface area contributed by atoms with Gasteiger partial charge in [-0.15, -0.1) is 0 Å². The maximum absolute atomic E-state index is 10.5. The van der Waals surface area contributed by atoms with Gasteiger partial charge in [0.05, 0.1) is 10.2 Å². The number of carboxylic acids is 1. The summed E-state index contributed by atoms with van der Waals surface area (Å²) in [6.45, 7) is 0.985. The van der Waals surface area contributed by atoms with Gasteiger partial charge in [0.2, 0.25) is 0 Å². The van der Waals surface area contributed by atoms with Gasteiger partial charge in [-0.3, -0.25) is 4.79 Å². The Hall–Kier alpha value is -2.40. The van der Waals surface area contributed by atoms with Crippen LogP contribution in [0.4, 0.5) is 10.8 Å². The first-order valence-electron chi connectivity index (χ1n) is 11.1. The molecule has 4 nitrogen and oxygen atoms in total. The summed E-state index contributed by atoms with van der Waals surface area (Å²) in [6, 6.07) is 18.9. The van der Waals surface area contributed by atoms with Crippen LogP contribution in [-0.2, 0) is 4.79 Å². The molecule has 0 amide bonds. The van der Waals surface area contributed by atoms with Crippen LogP contribution in [0.15, 0.2) is 54.6 Å². The number of anilines is 2. The van der Waals surface area contributed by atoms with E-state index in [1.807, 2.05) is 6.07 Å². The summed E-state index contributed by atoms with van der Waals surface area (Å²) in [6.07, 6.45) is 10.7. The van der Waals surface area contributed by atoms with Gasteiger partial charge in [0.1, 0.15) is 0 Å². The number of thiazole rings is 1. The second kappa shape index (κ2) is 12.3. The fraction of sp³-hybridized carbons (Fsp3) is 0.440. The van der Waals surface area contributed by atoms with Crippen molar-refractivity contribution in [2.75, 3.05) is 11.4 Å². The average molecular weight is 425 g/mol. The third-order valence-electron chi connectivity index (χ3n) is 5.35. The van der Waals surface area contributed by atoms with Crippen LogP contribution in [0.3, 0.4) is 0 Å². The monoisotopic (exact) mass is 424 g/mol. The summed E-state index contributed by atoms with van der Waals surface area (Å²) in [7, 11) is 0.